The summed E-state index contributed by atoms with van der Waals surface area (Å²) in [5.41, 5.74) is 0.598. The first kappa shape index (κ1) is 13.6. The number of halogens is 1. The Morgan fingerprint density at radius 3 is 2.59 bits per heavy atom. The van der Waals surface area contributed by atoms with Crippen molar-refractivity contribution in [2.75, 3.05) is 24.4 Å². The Kier molecular flexibility index (Phi) is 5.63. The lowest BCUT2D eigenvalue weighted by atomic mass is 10.2. The van der Waals surface area contributed by atoms with Gasteiger partial charge in [-0.05, 0) is 26.0 Å². The Hall–Kier alpha value is -1.42. The molecular weight excluding hydrogens is 242 g/mol. The summed E-state index contributed by atoms with van der Waals surface area (Å²) in [5.74, 6) is 0.937. The van der Waals surface area contributed by atoms with E-state index >= 15 is 0 Å². The SMILES string of the molecule is CCOc1ccc(NC(=O)CCl)c(OCC)c1. The van der Waals surface area contributed by atoms with Crippen LogP contribution in [0.2, 0.25) is 0 Å². The lowest BCUT2D eigenvalue weighted by Crippen LogP contribution is -2.13. The molecule has 0 aliphatic heterocycles. The first-order valence-corrected chi connectivity index (χ1v) is 6.00. The zero-order chi connectivity index (χ0) is 12.7. The van der Waals surface area contributed by atoms with Crippen LogP contribution in [0.1, 0.15) is 13.8 Å². The molecule has 0 aromatic heterocycles. The van der Waals surface area contributed by atoms with Gasteiger partial charge in [0.2, 0.25) is 5.91 Å². The minimum Gasteiger partial charge on any atom is -0.494 e. The second-order valence-corrected chi connectivity index (χ2v) is 3.47. The maximum absolute atomic E-state index is 11.2. The van der Waals surface area contributed by atoms with Crippen LogP contribution >= 0.6 is 11.6 Å². The van der Waals surface area contributed by atoms with E-state index in [9.17, 15) is 4.79 Å². The average Bonchev–Trinajstić information content (AvgIpc) is 2.33. The molecule has 0 radical (unpaired) electrons. The lowest BCUT2D eigenvalue weighted by Gasteiger charge is -2.12. The fourth-order valence-electron chi connectivity index (χ4n) is 1.32. The van der Waals surface area contributed by atoms with Crippen molar-refractivity contribution in [1.29, 1.82) is 0 Å². The monoisotopic (exact) mass is 257 g/mol. The average molecular weight is 258 g/mol. The number of carbonyl (C=O) groups excluding carboxylic acids is 1. The Morgan fingerprint density at radius 2 is 2.00 bits per heavy atom. The number of carbonyl (C=O) groups is 1. The van der Waals surface area contributed by atoms with E-state index in [0.29, 0.717) is 30.4 Å². The fourth-order valence-corrected chi connectivity index (χ4v) is 1.39. The molecule has 94 valence electrons. The first-order chi connectivity index (χ1) is 8.21. The quantitative estimate of drug-likeness (QED) is 0.797. The summed E-state index contributed by atoms with van der Waals surface area (Å²) in [6.07, 6.45) is 0. The molecule has 1 amide bonds. The van der Waals surface area contributed by atoms with Gasteiger partial charge in [0, 0.05) is 6.07 Å². The molecule has 1 aromatic carbocycles. The van der Waals surface area contributed by atoms with Gasteiger partial charge in [0.1, 0.15) is 17.4 Å². The highest BCUT2D eigenvalue weighted by atomic mass is 35.5. The number of hydrogen-bond donors (Lipinski definition) is 1. The molecule has 0 unspecified atom stereocenters. The molecule has 4 nitrogen and oxygen atoms in total. The summed E-state index contributed by atoms with van der Waals surface area (Å²) in [4.78, 5) is 11.2. The van der Waals surface area contributed by atoms with Crippen LogP contribution in [0.4, 0.5) is 5.69 Å². The van der Waals surface area contributed by atoms with Gasteiger partial charge in [0.15, 0.2) is 0 Å². The molecule has 17 heavy (non-hydrogen) atoms. The molecule has 1 aromatic rings. The molecule has 0 heterocycles. The van der Waals surface area contributed by atoms with Crippen molar-refractivity contribution in [1.82, 2.24) is 0 Å². The van der Waals surface area contributed by atoms with Crippen LogP contribution in [0.5, 0.6) is 11.5 Å². The largest absolute Gasteiger partial charge is 0.494 e. The smallest absolute Gasteiger partial charge is 0.239 e. The number of anilines is 1. The van der Waals surface area contributed by atoms with Crippen LogP contribution in [0, 0.1) is 0 Å². The van der Waals surface area contributed by atoms with Crippen molar-refractivity contribution in [3.05, 3.63) is 18.2 Å². The number of hydrogen-bond acceptors (Lipinski definition) is 3. The Morgan fingerprint density at radius 1 is 1.29 bits per heavy atom. The van der Waals surface area contributed by atoms with E-state index in [1.807, 2.05) is 13.8 Å². The number of rotatable bonds is 6. The van der Waals surface area contributed by atoms with Gasteiger partial charge in [0.05, 0.1) is 18.9 Å². The number of alkyl halides is 1. The van der Waals surface area contributed by atoms with Crippen LogP contribution in [0.15, 0.2) is 18.2 Å². The van der Waals surface area contributed by atoms with Crippen molar-refractivity contribution >= 4 is 23.2 Å². The Balaban J connectivity index is 2.90. The van der Waals surface area contributed by atoms with Gasteiger partial charge in [-0.25, -0.2) is 0 Å². The molecule has 0 spiro atoms. The standard InChI is InChI=1S/C12H16ClNO3/c1-3-16-9-5-6-10(14-12(15)8-13)11(7-9)17-4-2/h5-7H,3-4,8H2,1-2H3,(H,14,15). The van der Waals surface area contributed by atoms with Gasteiger partial charge in [-0.3, -0.25) is 4.79 Å². The van der Waals surface area contributed by atoms with Gasteiger partial charge in [-0.2, -0.15) is 0 Å². The van der Waals surface area contributed by atoms with Crippen LogP contribution in [0.25, 0.3) is 0 Å². The van der Waals surface area contributed by atoms with E-state index in [-0.39, 0.29) is 11.8 Å². The number of ether oxygens (including phenoxy) is 2. The molecular formula is C12H16ClNO3. The molecule has 0 atom stereocenters. The minimum atomic E-state index is -0.267. The highest BCUT2D eigenvalue weighted by Gasteiger charge is 2.08. The first-order valence-electron chi connectivity index (χ1n) is 5.46. The molecule has 1 N–H and O–H groups in total. The second kappa shape index (κ2) is 7.01. The summed E-state index contributed by atoms with van der Waals surface area (Å²) >= 11 is 5.43. The summed E-state index contributed by atoms with van der Waals surface area (Å²) < 4.78 is 10.8. The molecule has 0 aliphatic carbocycles. The maximum atomic E-state index is 11.2. The van der Waals surface area contributed by atoms with Crippen LogP contribution in [0.3, 0.4) is 0 Å². The zero-order valence-electron chi connectivity index (χ0n) is 9.96. The van der Waals surface area contributed by atoms with Crippen LogP contribution in [-0.2, 0) is 4.79 Å². The van der Waals surface area contributed by atoms with Crippen LogP contribution < -0.4 is 14.8 Å². The van der Waals surface area contributed by atoms with E-state index in [0.717, 1.165) is 0 Å². The van der Waals surface area contributed by atoms with Crippen LogP contribution in [-0.4, -0.2) is 25.0 Å². The highest BCUT2D eigenvalue weighted by molar-refractivity contribution is 6.29. The molecule has 0 bridgehead atoms. The second-order valence-electron chi connectivity index (χ2n) is 3.21. The highest BCUT2D eigenvalue weighted by Crippen LogP contribution is 2.29. The number of benzene rings is 1. The lowest BCUT2D eigenvalue weighted by molar-refractivity contribution is -0.113. The van der Waals surface area contributed by atoms with Crippen molar-refractivity contribution in [3.63, 3.8) is 0 Å². The third-order valence-electron chi connectivity index (χ3n) is 1.96. The summed E-state index contributed by atoms with van der Waals surface area (Å²) in [6, 6.07) is 5.26. The topological polar surface area (TPSA) is 47.6 Å². The molecule has 0 saturated carbocycles. The minimum absolute atomic E-state index is 0.0845. The van der Waals surface area contributed by atoms with Crippen molar-refractivity contribution in [2.24, 2.45) is 0 Å². The van der Waals surface area contributed by atoms with E-state index in [2.05, 4.69) is 5.32 Å². The van der Waals surface area contributed by atoms with Crippen molar-refractivity contribution < 1.29 is 14.3 Å². The van der Waals surface area contributed by atoms with Gasteiger partial charge in [-0.15, -0.1) is 11.6 Å². The fraction of sp³-hybridized carbons (Fsp3) is 0.417. The van der Waals surface area contributed by atoms with E-state index in [4.69, 9.17) is 21.1 Å². The summed E-state index contributed by atoms with van der Waals surface area (Å²) in [5, 5.41) is 2.66. The maximum Gasteiger partial charge on any atom is 0.239 e. The van der Waals surface area contributed by atoms with Crippen molar-refractivity contribution in [2.45, 2.75) is 13.8 Å². The molecule has 1 rings (SSSR count). The Labute approximate surface area is 106 Å². The molecule has 0 fully saturated rings. The summed E-state index contributed by atoms with van der Waals surface area (Å²) in [7, 11) is 0. The number of amides is 1. The normalized spacial score (nSPS) is 9.82. The van der Waals surface area contributed by atoms with Gasteiger partial charge in [-0.1, -0.05) is 0 Å². The zero-order valence-corrected chi connectivity index (χ0v) is 10.7. The predicted octanol–water partition coefficient (Wildman–Crippen LogP) is 2.66. The predicted molar refractivity (Wildman–Crippen MR) is 68.1 cm³/mol. The van der Waals surface area contributed by atoms with E-state index < -0.39 is 0 Å². The molecule has 5 heteroatoms. The third kappa shape index (κ3) is 4.15. The van der Waals surface area contributed by atoms with Crippen molar-refractivity contribution in [3.8, 4) is 11.5 Å². The number of nitrogens with one attached hydrogen (secondary N) is 1. The Bertz CT molecular complexity index is 382. The van der Waals surface area contributed by atoms with Gasteiger partial charge < -0.3 is 14.8 Å². The van der Waals surface area contributed by atoms with E-state index in [1.165, 1.54) is 0 Å². The molecule has 0 aliphatic rings. The third-order valence-corrected chi connectivity index (χ3v) is 2.20. The van der Waals surface area contributed by atoms with Gasteiger partial charge >= 0.3 is 0 Å². The molecule has 0 saturated heterocycles. The summed E-state index contributed by atoms with van der Waals surface area (Å²) in [6.45, 7) is 4.88. The van der Waals surface area contributed by atoms with Gasteiger partial charge in [0.25, 0.3) is 0 Å². The van der Waals surface area contributed by atoms with E-state index in [1.54, 1.807) is 18.2 Å².